The Morgan fingerprint density at radius 2 is 2.07 bits per heavy atom. The van der Waals surface area contributed by atoms with Gasteiger partial charge in [-0.1, -0.05) is 11.6 Å². The molecule has 0 aliphatic heterocycles. The summed E-state index contributed by atoms with van der Waals surface area (Å²) in [5.74, 6) is -0.521. The molecule has 0 bridgehead atoms. The van der Waals surface area contributed by atoms with Gasteiger partial charge in [-0.15, -0.1) is 0 Å². The molecule has 0 saturated carbocycles. The van der Waals surface area contributed by atoms with Gasteiger partial charge in [0.25, 0.3) is 0 Å². The van der Waals surface area contributed by atoms with E-state index in [1.165, 1.54) is 0 Å². The molecule has 1 aromatic rings. The molecular formula is C10H12I2O3. The number of hydrogen-bond acceptors (Lipinski definition) is 2. The second-order valence-electron chi connectivity index (χ2n) is 2.74. The van der Waals surface area contributed by atoms with E-state index in [1.54, 1.807) is 12.1 Å². The Bertz CT molecular complexity index is 326. The van der Waals surface area contributed by atoms with Crippen molar-refractivity contribution in [2.24, 2.45) is 0 Å². The fraction of sp³-hybridized carbons (Fsp3) is 0.300. The highest BCUT2D eigenvalue weighted by molar-refractivity contribution is 15.0. The third-order valence-corrected chi connectivity index (χ3v) is 1.67. The predicted molar refractivity (Wildman–Crippen MR) is 77.3 cm³/mol. The van der Waals surface area contributed by atoms with Gasteiger partial charge in [0.1, 0.15) is 11.3 Å². The van der Waals surface area contributed by atoms with Crippen LogP contribution in [0.5, 0.6) is 5.75 Å². The summed E-state index contributed by atoms with van der Waals surface area (Å²) >= 11 is 4.24. The van der Waals surface area contributed by atoms with Crippen molar-refractivity contribution in [3.05, 3.63) is 29.3 Å². The first kappa shape index (κ1) is 14.9. The molecule has 1 N–H and O–H groups in total. The number of carbonyl (C=O) groups is 1. The molecule has 0 aromatic heterocycles. The van der Waals surface area contributed by atoms with Crippen molar-refractivity contribution in [3.8, 4) is 5.75 Å². The fourth-order valence-corrected chi connectivity index (χ4v) is 1.09. The maximum absolute atomic E-state index is 10.8. The Morgan fingerprint density at radius 1 is 1.47 bits per heavy atom. The SMILES string of the molecule is CCOc1ccc(C)cc1C(=O)O.II. The molecule has 0 unspecified atom stereocenters. The monoisotopic (exact) mass is 434 g/mol. The lowest BCUT2D eigenvalue weighted by molar-refractivity contribution is 0.0692. The Balaban J connectivity index is 0.000000921. The molecule has 0 saturated heterocycles. The van der Waals surface area contributed by atoms with Crippen LogP contribution in [0.4, 0.5) is 0 Å². The van der Waals surface area contributed by atoms with Crippen LogP contribution in [0.3, 0.4) is 0 Å². The van der Waals surface area contributed by atoms with E-state index in [-0.39, 0.29) is 5.56 Å². The minimum Gasteiger partial charge on any atom is -0.493 e. The maximum Gasteiger partial charge on any atom is 0.339 e. The second kappa shape index (κ2) is 8.14. The summed E-state index contributed by atoms with van der Waals surface area (Å²) < 4.78 is 5.17. The van der Waals surface area contributed by atoms with Crippen LogP contribution < -0.4 is 4.74 Å². The van der Waals surface area contributed by atoms with Crippen LogP contribution in [0.15, 0.2) is 18.2 Å². The number of aryl methyl sites for hydroxylation is 1. The molecule has 1 rings (SSSR count). The Hall–Kier alpha value is -0.0500. The van der Waals surface area contributed by atoms with E-state index in [2.05, 4.69) is 37.2 Å². The third kappa shape index (κ3) is 5.01. The number of aromatic carboxylic acids is 1. The molecule has 0 atom stereocenters. The normalized spacial score (nSPS) is 8.80. The van der Waals surface area contributed by atoms with E-state index in [0.717, 1.165) is 5.56 Å². The first-order chi connectivity index (χ1) is 7.15. The van der Waals surface area contributed by atoms with E-state index >= 15 is 0 Å². The highest BCUT2D eigenvalue weighted by Crippen LogP contribution is 2.19. The molecular weight excluding hydrogens is 422 g/mol. The number of benzene rings is 1. The van der Waals surface area contributed by atoms with Crippen LogP contribution in [-0.2, 0) is 0 Å². The van der Waals surface area contributed by atoms with Gasteiger partial charge in [0.2, 0.25) is 0 Å². The van der Waals surface area contributed by atoms with E-state index in [4.69, 9.17) is 9.84 Å². The summed E-state index contributed by atoms with van der Waals surface area (Å²) in [5, 5.41) is 8.84. The molecule has 0 aliphatic rings. The van der Waals surface area contributed by atoms with E-state index in [0.29, 0.717) is 12.4 Å². The van der Waals surface area contributed by atoms with Crippen molar-refractivity contribution in [2.75, 3.05) is 6.61 Å². The fourth-order valence-electron chi connectivity index (χ4n) is 1.09. The van der Waals surface area contributed by atoms with Crippen LogP contribution in [-0.4, -0.2) is 17.7 Å². The van der Waals surface area contributed by atoms with Crippen molar-refractivity contribution in [3.63, 3.8) is 0 Å². The van der Waals surface area contributed by atoms with Crippen LogP contribution >= 0.6 is 37.2 Å². The Morgan fingerprint density at radius 3 is 2.53 bits per heavy atom. The smallest absolute Gasteiger partial charge is 0.339 e. The second-order valence-corrected chi connectivity index (χ2v) is 2.74. The van der Waals surface area contributed by atoms with Crippen molar-refractivity contribution in [1.82, 2.24) is 0 Å². The molecule has 84 valence electrons. The first-order valence-corrected chi connectivity index (χ1v) is 10.5. The van der Waals surface area contributed by atoms with Gasteiger partial charge >= 0.3 is 5.97 Å². The van der Waals surface area contributed by atoms with Crippen molar-refractivity contribution >= 4 is 43.2 Å². The lowest BCUT2D eigenvalue weighted by atomic mass is 10.1. The maximum atomic E-state index is 10.8. The Labute approximate surface area is 113 Å². The minimum absolute atomic E-state index is 0.224. The summed E-state index contributed by atoms with van der Waals surface area (Å²) in [6.45, 7) is 4.15. The van der Waals surface area contributed by atoms with Crippen molar-refractivity contribution in [2.45, 2.75) is 13.8 Å². The van der Waals surface area contributed by atoms with E-state index in [1.807, 2.05) is 19.9 Å². The number of ether oxygens (including phenoxy) is 1. The third-order valence-electron chi connectivity index (χ3n) is 1.67. The average Bonchev–Trinajstić information content (AvgIpc) is 2.24. The predicted octanol–water partition coefficient (Wildman–Crippen LogP) is 3.86. The van der Waals surface area contributed by atoms with Gasteiger partial charge in [-0.05, 0) is 26.0 Å². The van der Waals surface area contributed by atoms with Crippen molar-refractivity contribution < 1.29 is 14.6 Å². The number of halogens is 2. The zero-order valence-corrected chi connectivity index (χ0v) is 12.8. The molecule has 15 heavy (non-hydrogen) atoms. The summed E-state index contributed by atoms with van der Waals surface area (Å²) in [6.07, 6.45) is 0. The van der Waals surface area contributed by atoms with Gasteiger partial charge in [0.15, 0.2) is 0 Å². The zero-order chi connectivity index (χ0) is 11.8. The summed E-state index contributed by atoms with van der Waals surface area (Å²) in [5.41, 5.74) is 1.14. The standard InChI is InChI=1S/C10H12O3.I2/c1-3-13-9-5-4-7(2)6-8(9)10(11)12;1-2/h4-6H,3H2,1-2H3,(H,11,12);. The average molecular weight is 434 g/mol. The topological polar surface area (TPSA) is 46.5 Å². The molecule has 0 radical (unpaired) electrons. The van der Waals surface area contributed by atoms with Crippen LogP contribution in [0, 0.1) is 6.92 Å². The van der Waals surface area contributed by atoms with E-state index in [9.17, 15) is 4.79 Å². The zero-order valence-electron chi connectivity index (χ0n) is 8.46. The molecule has 0 spiro atoms. The van der Waals surface area contributed by atoms with Gasteiger partial charge < -0.3 is 9.84 Å². The molecule has 1 aromatic carbocycles. The molecule has 0 heterocycles. The lowest BCUT2D eigenvalue weighted by Crippen LogP contribution is -2.02. The van der Waals surface area contributed by atoms with Gasteiger partial charge in [-0.25, -0.2) is 4.79 Å². The molecule has 3 nitrogen and oxygen atoms in total. The lowest BCUT2D eigenvalue weighted by Gasteiger charge is -2.06. The number of hydrogen-bond donors (Lipinski definition) is 1. The minimum atomic E-state index is -0.952. The van der Waals surface area contributed by atoms with Gasteiger partial charge in [0, 0.05) is 37.2 Å². The number of carboxylic acids is 1. The van der Waals surface area contributed by atoms with Gasteiger partial charge in [-0.3, -0.25) is 0 Å². The van der Waals surface area contributed by atoms with Crippen LogP contribution in [0.2, 0.25) is 0 Å². The molecule has 0 aliphatic carbocycles. The van der Waals surface area contributed by atoms with E-state index < -0.39 is 5.97 Å². The molecule has 0 fully saturated rings. The van der Waals surface area contributed by atoms with Crippen LogP contribution in [0.25, 0.3) is 0 Å². The van der Waals surface area contributed by atoms with Crippen molar-refractivity contribution in [1.29, 1.82) is 0 Å². The quantitative estimate of drug-likeness (QED) is 0.736. The molecule has 5 heteroatoms. The highest BCUT2D eigenvalue weighted by atomic mass is 128. The molecule has 0 amide bonds. The summed E-state index contributed by atoms with van der Waals surface area (Å²) in [4.78, 5) is 10.8. The van der Waals surface area contributed by atoms with Crippen LogP contribution in [0.1, 0.15) is 22.8 Å². The first-order valence-electron chi connectivity index (χ1n) is 4.26. The number of rotatable bonds is 3. The number of carboxylic acid groups (broad SMARTS) is 1. The Kier molecular flexibility index (Phi) is 8.12. The van der Waals surface area contributed by atoms with Gasteiger partial charge in [0.05, 0.1) is 6.61 Å². The van der Waals surface area contributed by atoms with Gasteiger partial charge in [-0.2, -0.15) is 0 Å². The largest absolute Gasteiger partial charge is 0.493 e. The summed E-state index contributed by atoms with van der Waals surface area (Å²) in [6, 6.07) is 5.12. The highest BCUT2D eigenvalue weighted by Gasteiger charge is 2.10. The summed E-state index contributed by atoms with van der Waals surface area (Å²) in [7, 11) is 0.